The van der Waals surface area contributed by atoms with E-state index < -0.39 is 47.4 Å². The van der Waals surface area contributed by atoms with Crippen molar-refractivity contribution in [2.45, 2.75) is 44.0 Å². The normalized spacial score (nSPS) is 19.2. The van der Waals surface area contributed by atoms with Crippen LogP contribution in [0.15, 0.2) is 94.6 Å². The number of esters is 1. The predicted octanol–water partition coefficient (Wildman–Crippen LogP) is 3.73. The van der Waals surface area contributed by atoms with Gasteiger partial charge in [-0.1, -0.05) is 54.6 Å². The van der Waals surface area contributed by atoms with E-state index in [0.29, 0.717) is 17.1 Å². The molecule has 0 aliphatic carbocycles. The second-order valence-corrected chi connectivity index (χ2v) is 11.3. The lowest BCUT2D eigenvalue weighted by atomic mass is 9.80. The van der Waals surface area contributed by atoms with Crippen molar-refractivity contribution in [3.63, 3.8) is 0 Å². The van der Waals surface area contributed by atoms with Crippen LogP contribution in [-0.2, 0) is 34.1 Å². The van der Waals surface area contributed by atoms with E-state index in [1.54, 1.807) is 21.1 Å². The summed E-state index contributed by atoms with van der Waals surface area (Å²) in [5, 5.41) is 0. The number of aromatic nitrogens is 2. The number of H-pyrrole nitrogens is 1. The number of nitrogens with one attached hydrogen (secondary N) is 1. The first-order valence-electron chi connectivity index (χ1n) is 15.5. The zero-order valence-corrected chi connectivity index (χ0v) is 27.5. The maximum Gasteiger partial charge on any atom is 0.330 e. The average Bonchev–Trinajstić information content (AvgIpc) is 3.43. The fourth-order valence-electron chi connectivity index (χ4n) is 5.90. The molecule has 0 unspecified atom stereocenters. The lowest BCUT2D eigenvalue weighted by Crippen LogP contribution is -2.43. The zero-order valence-electron chi connectivity index (χ0n) is 27.5. The molecule has 4 atom stereocenters. The number of rotatable bonds is 14. The van der Waals surface area contributed by atoms with Crippen molar-refractivity contribution >= 4 is 5.97 Å². The molecule has 254 valence electrons. The third-order valence-corrected chi connectivity index (χ3v) is 8.24. The van der Waals surface area contributed by atoms with Gasteiger partial charge in [0.2, 0.25) is 0 Å². The second-order valence-electron chi connectivity index (χ2n) is 11.3. The number of hydrogen-bond acceptors (Lipinski definition) is 10. The number of carbonyl (C=O) groups excluding carboxylic acids is 1. The molecule has 0 spiro atoms. The molecule has 48 heavy (non-hydrogen) atoms. The summed E-state index contributed by atoms with van der Waals surface area (Å²) in [7, 11) is 4.73. The quantitative estimate of drug-likeness (QED) is 0.121. The minimum Gasteiger partial charge on any atom is -0.497 e. The SMILES string of the molecule is COCCO[C@@H]1[C@H](OC(C)=O)[C@@H](COC(c2ccccc2)(c2ccc(OC)cc2)c2ccc(OC)cc2)O[C@H]1n1cc(C)c(=O)[nH]c1=O. The molecule has 0 saturated carbocycles. The Morgan fingerprint density at radius 3 is 1.96 bits per heavy atom. The highest BCUT2D eigenvalue weighted by atomic mass is 16.6. The summed E-state index contributed by atoms with van der Waals surface area (Å²) < 4.78 is 42.8. The van der Waals surface area contributed by atoms with Crippen LogP contribution in [0.4, 0.5) is 0 Å². The molecule has 0 amide bonds. The van der Waals surface area contributed by atoms with Crippen LogP contribution in [0.3, 0.4) is 0 Å². The lowest BCUT2D eigenvalue weighted by Gasteiger charge is -2.37. The maximum absolute atomic E-state index is 13.1. The summed E-state index contributed by atoms with van der Waals surface area (Å²) in [5.41, 5.74) is 0.277. The van der Waals surface area contributed by atoms with E-state index in [4.69, 9.17) is 33.2 Å². The summed E-state index contributed by atoms with van der Waals surface area (Å²) in [6.07, 6.45) is -2.53. The molecule has 12 nitrogen and oxygen atoms in total. The van der Waals surface area contributed by atoms with Gasteiger partial charge in [-0.25, -0.2) is 4.79 Å². The molecule has 1 aliphatic heterocycles. The number of nitrogens with zero attached hydrogens (tertiary/aromatic N) is 1. The van der Waals surface area contributed by atoms with Gasteiger partial charge in [0.15, 0.2) is 12.3 Å². The molecule has 5 rings (SSSR count). The summed E-state index contributed by atoms with van der Waals surface area (Å²) in [5.74, 6) is 0.772. The fraction of sp³-hybridized carbons (Fsp3) is 0.361. The summed E-state index contributed by atoms with van der Waals surface area (Å²) in [6, 6.07) is 24.8. The highest BCUT2D eigenvalue weighted by Gasteiger charge is 2.50. The van der Waals surface area contributed by atoms with Gasteiger partial charge < -0.3 is 33.2 Å². The van der Waals surface area contributed by atoms with Gasteiger partial charge >= 0.3 is 11.7 Å². The Labute approximate surface area is 278 Å². The van der Waals surface area contributed by atoms with Crippen LogP contribution < -0.4 is 20.7 Å². The maximum atomic E-state index is 13.1. The first kappa shape index (κ1) is 34.6. The van der Waals surface area contributed by atoms with E-state index in [1.165, 1.54) is 24.8 Å². The van der Waals surface area contributed by atoms with Gasteiger partial charge in [-0.3, -0.25) is 19.1 Å². The average molecular weight is 661 g/mol. The molecule has 1 saturated heterocycles. The minimum atomic E-state index is -1.19. The molecule has 2 heterocycles. The number of aromatic amines is 1. The van der Waals surface area contributed by atoms with Gasteiger partial charge in [0.05, 0.1) is 34.0 Å². The highest BCUT2D eigenvalue weighted by Crippen LogP contribution is 2.43. The molecule has 1 fully saturated rings. The first-order valence-corrected chi connectivity index (χ1v) is 15.5. The van der Waals surface area contributed by atoms with E-state index in [9.17, 15) is 14.4 Å². The third kappa shape index (κ3) is 7.21. The first-order chi connectivity index (χ1) is 23.2. The van der Waals surface area contributed by atoms with E-state index >= 15 is 0 Å². The molecule has 3 aromatic carbocycles. The number of ether oxygens (including phenoxy) is 7. The monoisotopic (exact) mass is 660 g/mol. The molecular weight excluding hydrogens is 620 g/mol. The van der Waals surface area contributed by atoms with Crippen molar-refractivity contribution < 1.29 is 38.0 Å². The predicted molar refractivity (Wildman–Crippen MR) is 175 cm³/mol. The molecule has 4 aromatic rings. The van der Waals surface area contributed by atoms with Gasteiger partial charge in [0, 0.05) is 25.8 Å². The van der Waals surface area contributed by atoms with Crippen LogP contribution in [0, 0.1) is 6.92 Å². The van der Waals surface area contributed by atoms with E-state index in [-0.39, 0.29) is 19.8 Å². The number of carbonyl (C=O) groups is 1. The molecular formula is C36H40N2O10. The van der Waals surface area contributed by atoms with Gasteiger partial charge in [0.25, 0.3) is 5.56 Å². The summed E-state index contributed by atoms with van der Waals surface area (Å²) in [4.78, 5) is 40.1. The number of aryl methyl sites for hydroxylation is 1. The van der Waals surface area contributed by atoms with Gasteiger partial charge in [-0.2, -0.15) is 0 Å². The Balaban J connectivity index is 1.62. The highest BCUT2D eigenvalue weighted by molar-refractivity contribution is 5.66. The van der Waals surface area contributed by atoms with Crippen LogP contribution in [0.1, 0.15) is 35.4 Å². The van der Waals surface area contributed by atoms with Gasteiger partial charge in [-0.05, 0) is 47.9 Å². The third-order valence-electron chi connectivity index (χ3n) is 8.24. The number of methoxy groups -OCH3 is 3. The second kappa shape index (κ2) is 15.4. The fourth-order valence-corrected chi connectivity index (χ4v) is 5.90. The Bertz CT molecular complexity index is 1720. The Hall–Kier alpha value is -4.75. The van der Waals surface area contributed by atoms with E-state index in [2.05, 4.69) is 4.98 Å². The molecule has 1 N–H and O–H groups in total. The van der Waals surface area contributed by atoms with Gasteiger partial charge in [-0.15, -0.1) is 0 Å². The smallest absolute Gasteiger partial charge is 0.330 e. The molecule has 1 aromatic heterocycles. The van der Waals surface area contributed by atoms with Crippen molar-refractivity contribution in [3.05, 3.63) is 128 Å². The van der Waals surface area contributed by atoms with Crippen molar-refractivity contribution in [1.29, 1.82) is 0 Å². The Kier molecular flexibility index (Phi) is 11.1. The largest absolute Gasteiger partial charge is 0.497 e. The minimum absolute atomic E-state index is 0.109. The number of hydrogen-bond donors (Lipinski definition) is 1. The Morgan fingerprint density at radius 2 is 1.42 bits per heavy atom. The van der Waals surface area contributed by atoms with Crippen LogP contribution in [0.5, 0.6) is 11.5 Å². The van der Waals surface area contributed by atoms with E-state index in [0.717, 1.165) is 16.7 Å². The van der Waals surface area contributed by atoms with E-state index in [1.807, 2.05) is 78.9 Å². The topological polar surface area (TPSA) is 137 Å². The summed E-state index contributed by atoms with van der Waals surface area (Å²) in [6.45, 7) is 3.11. The molecule has 1 aliphatic rings. The van der Waals surface area contributed by atoms with Crippen molar-refractivity contribution in [3.8, 4) is 11.5 Å². The van der Waals surface area contributed by atoms with Crippen LogP contribution in [0.25, 0.3) is 0 Å². The van der Waals surface area contributed by atoms with Crippen molar-refractivity contribution in [2.24, 2.45) is 0 Å². The lowest BCUT2D eigenvalue weighted by molar-refractivity contribution is -0.158. The van der Waals surface area contributed by atoms with Crippen molar-refractivity contribution in [1.82, 2.24) is 9.55 Å². The van der Waals surface area contributed by atoms with Crippen LogP contribution in [0.2, 0.25) is 0 Å². The summed E-state index contributed by atoms with van der Waals surface area (Å²) >= 11 is 0. The molecule has 12 heteroatoms. The Morgan fingerprint density at radius 1 is 0.833 bits per heavy atom. The van der Waals surface area contributed by atoms with Crippen LogP contribution >= 0.6 is 0 Å². The molecule has 0 bridgehead atoms. The standard InChI is InChI=1S/C36H40N2O10/c1-23-21-38(35(41)37-33(23)40)34-32(45-20-19-42-3)31(47-24(2)39)30(48-34)22-46-36(25-9-7-6-8-10-25,26-11-15-28(43-4)16-12-26)27-13-17-29(44-5)18-14-27/h6-18,21,30-32,34H,19-20,22H2,1-5H3,(H,37,40,41)/t30-,31-,32-,34-/m1/s1. The van der Waals surface area contributed by atoms with Crippen molar-refractivity contribution in [2.75, 3.05) is 41.2 Å². The molecule has 0 radical (unpaired) electrons. The van der Waals surface area contributed by atoms with Crippen LogP contribution in [-0.4, -0.2) is 75.0 Å². The number of benzene rings is 3. The zero-order chi connectivity index (χ0) is 34.3. The van der Waals surface area contributed by atoms with Gasteiger partial charge in [0.1, 0.15) is 29.3 Å².